The highest BCUT2D eigenvalue weighted by Crippen LogP contribution is 2.51. The van der Waals surface area contributed by atoms with Crippen molar-refractivity contribution in [1.82, 2.24) is 4.90 Å². The van der Waals surface area contributed by atoms with E-state index in [1.807, 2.05) is 6.07 Å². The van der Waals surface area contributed by atoms with Crippen LogP contribution in [0.5, 0.6) is 11.5 Å². The second-order valence-corrected chi connectivity index (χ2v) is 10.6. The third-order valence-corrected chi connectivity index (χ3v) is 7.33. The van der Waals surface area contributed by atoms with Gasteiger partial charge in [-0.25, -0.2) is 0 Å². The van der Waals surface area contributed by atoms with E-state index in [1.54, 1.807) is 0 Å². The Morgan fingerprint density at radius 3 is 2.71 bits per heavy atom. The van der Waals surface area contributed by atoms with Crippen molar-refractivity contribution >= 4 is 27.4 Å². The normalized spacial score (nSPS) is 23.2. The molecule has 0 saturated heterocycles. The summed E-state index contributed by atoms with van der Waals surface area (Å²) in [5.41, 5.74) is 6.96. The van der Waals surface area contributed by atoms with Crippen LogP contribution in [0.4, 0.5) is 0 Å². The van der Waals surface area contributed by atoms with Gasteiger partial charge in [0.1, 0.15) is 0 Å². The number of ketones is 1. The number of Topliss-reactive ketones (excluding diaryl/α,β-unsaturated/α-hetero) is 1. The van der Waals surface area contributed by atoms with Gasteiger partial charge in [0.05, 0.1) is 0 Å². The molecule has 3 heterocycles. The van der Waals surface area contributed by atoms with Gasteiger partial charge in [0.15, 0.2) is 17.3 Å². The molecule has 1 atom stereocenters. The number of rotatable bonds is 1. The van der Waals surface area contributed by atoms with Crippen molar-refractivity contribution in [3.05, 3.63) is 74.9 Å². The zero-order valence-corrected chi connectivity index (χ0v) is 19.3. The highest BCUT2D eigenvalue weighted by molar-refractivity contribution is 9.10. The quantitative estimate of drug-likeness (QED) is 0.518. The summed E-state index contributed by atoms with van der Waals surface area (Å²) in [5.74, 6) is 1.88. The maximum Gasteiger partial charge on any atom is 0.231 e. The molecule has 0 N–H and O–H groups in total. The van der Waals surface area contributed by atoms with Crippen molar-refractivity contribution < 1.29 is 14.3 Å². The first-order chi connectivity index (χ1) is 14.9. The van der Waals surface area contributed by atoms with Crippen LogP contribution in [-0.2, 0) is 11.2 Å². The van der Waals surface area contributed by atoms with E-state index in [-0.39, 0.29) is 23.9 Å². The van der Waals surface area contributed by atoms with Gasteiger partial charge in [-0.3, -0.25) is 4.79 Å². The molecule has 1 unspecified atom stereocenters. The summed E-state index contributed by atoms with van der Waals surface area (Å²) in [4.78, 5) is 15.8. The summed E-state index contributed by atoms with van der Waals surface area (Å²) < 4.78 is 12.3. The van der Waals surface area contributed by atoms with Gasteiger partial charge in [0.25, 0.3) is 0 Å². The van der Waals surface area contributed by atoms with E-state index in [0.29, 0.717) is 6.42 Å². The molecule has 0 bridgehead atoms. The lowest BCUT2D eigenvalue weighted by Gasteiger charge is -2.46. The Labute approximate surface area is 190 Å². The van der Waals surface area contributed by atoms with Crippen LogP contribution in [0.3, 0.4) is 0 Å². The van der Waals surface area contributed by atoms with Gasteiger partial charge in [-0.05, 0) is 59.7 Å². The van der Waals surface area contributed by atoms with Crippen LogP contribution in [0.15, 0.2) is 58.2 Å². The van der Waals surface area contributed by atoms with Crippen LogP contribution in [-0.4, -0.2) is 24.0 Å². The summed E-state index contributed by atoms with van der Waals surface area (Å²) in [5, 5.41) is 0. The Kier molecular flexibility index (Phi) is 4.16. The first-order valence-corrected chi connectivity index (χ1v) is 11.6. The molecule has 3 aliphatic heterocycles. The van der Waals surface area contributed by atoms with Gasteiger partial charge in [-0.2, -0.15) is 0 Å². The van der Waals surface area contributed by atoms with Gasteiger partial charge < -0.3 is 14.4 Å². The van der Waals surface area contributed by atoms with Crippen LogP contribution >= 0.6 is 15.9 Å². The Morgan fingerprint density at radius 1 is 1.10 bits per heavy atom. The third kappa shape index (κ3) is 3.05. The van der Waals surface area contributed by atoms with E-state index in [4.69, 9.17) is 9.47 Å². The zero-order chi connectivity index (χ0) is 21.3. The number of fused-ring (bicyclic) bond motifs is 5. The Morgan fingerprint density at radius 2 is 1.90 bits per heavy atom. The SMILES string of the molecule is CC1(C)CC(=O)C2=C(C1)N1CCc3cc4c(cc3C1=CC2c1cccc(Br)c1)OCO4. The minimum Gasteiger partial charge on any atom is -0.454 e. The number of hydrogen-bond acceptors (Lipinski definition) is 4. The molecule has 0 saturated carbocycles. The molecule has 0 aromatic heterocycles. The predicted octanol–water partition coefficient (Wildman–Crippen LogP) is 5.82. The topological polar surface area (TPSA) is 38.8 Å². The van der Waals surface area contributed by atoms with Crippen LogP contribution in [0.1, 0.15) is 49.3 Å². The second kappa shape index (κ2) is 6.73. The number of carbonyl (C=O) groups is 1. The smallest absolute Gasteiger partial charge is 0.231 e. The molecule has 0 radical (unpaired) electrons. The first-order valence-electron chi connectivity index (χ1n) is 10.8. The van der Waals surface area contributed by atoms with Crippen molar-refractivity contribution in [2.45, 2.75) is 39.0 Å². The summed E-state index contributed by atoms with van der Waals surface area (Å²) >= 11 is 3.62. The Balaban J connectivity index is 1.56. The maximum atomic E-state index is 13.4. The summed E-state index contributed by atoms with van der Waals surface area (Å²) in [6, 6.07) is 12.6. The number of hydrogen-bond donors (Lipinski definition) is 0. The van der Waals surface area contributed by atoms with Gasteiger partial charge >= 0.3 is 0 Å². The molecule has 0 spiro atoms. The van der Waals surface area contributed by atoms with Crippen molar-refractivity contribution in [3.63, 3.8) is 0 Å². The number of ether oxygens (including phenoxy) is 2. The molecule has 158 valence electrons. The first kappa shape index (κ1) is 19.2. The van der Waals surface area contributed by atoms with E-state index in [1.165, 1.54) is 22.5 Å². The Bertz CT molecular complexity index is 1190. The summed E-state index contributed by atoms with van der Waals surface area (Å²) in [6.07, 6.45) is 4.73. The van der Waals surface area contributed by atoms with Crippen LogP contribution in [0.2, 0.25) is 0 Å². The number of benzene rings is 2. The lowest BCUT2D eigenvalue weighted by Crippen LogP contribution is -2.40. The van der Waals surface area contributed by atoms with Crippen LogP contribution in [0.25, 0.3) is 5.70 Å². The largest absolute Gasteiger partial charge is 0.454 e. The predicted molar refractivity (Wildman–Crippen MR) is 123 cm³/mol. The van der Waals surface area contributed by atoms with Crippen molar-refractivity contribution in [3.8, 4) is 11.5 Å². The molecule has 1 aliphatic carbocycles. The van der Waals surface area contributed by atoms with Crippen molar-refractivity contribution in [2.75, 3.05) is 13.3 Å². The molecule has 31 heavy (non-hydrogen) atoms. The van der Waals surface area contributed by atoms with Crippen molar-refractivity contribution in [1.29, 1.82) is 0 Å². The molecule has 0 amide bonds. The second-order valence-electron chi connectivity index (χ2n) is 9.65. The molecule has 2 aromatic rings. The highest BCUT2D eigenvalue weighted by Gasteiger charge is 2.42. The lowest BCUT2D eigenvalue weighted by atomic mass is 9.69. The molecule has 4 aliphatic rings. The van der Waals surface area contributed by atoms with Crippen LogP contribution in [0, 0.1) is 5.41 Å². The molecule has 4 nitrogen and oxygen atoms in total. The minimum atomic E-state index is -0.0428. The third-order valence-electron chi connectivity index (χ3n) is 6.84. The van der Waals surface area contributed by atoms with E-state index in [0.717, 1.165) is 46.5 Å². The van der Waals surface area contributed by atoms with Crippen LogP contribution < -0.4 is 9.47 Å². The Hall–Kier alpha value is -2.53. The van der Waals surface area contributed by atoms with E-state index in [2.05, 4.69) is 71.1 Å². The fourth-order valence-corrected chi connectivity index (χ4v) is 5.90. The van der Waals surface area contributed by atoms with E-state index < -0.39 is 0 Å². The zero-order valence-electron chi connectivity index (χ0n) is 17.7. The number of carbonyl (C=O) groups excluding carboxylic acids is 1. The monoisotopic (exact) mass is 477 g/mol. The lowest BCUT2D eigenvalue weighted by molar-refractivity contribution is -0.118. The summed E-state index contributed by atoms with van der Waals surface area (Å²) in [7, 11) is 0. The fourth-order valence-electron chi connectivity index (χ4n) is 5.49. The minimum absolute atomic E-state index is 0.0324. The van der Waals surface area contributed by atoms with E-state index >= 15 is 0 Å². The maximum absolute atomic E-state index is 13.4. The molecule has 2 aromatic carbocycles. The molecular formula is C26H24BrNO3. The summed E-state index contributed by atoms with van der Waals surface area (Å²) in [6.45, 7) is 5.57. The molecular weight excluding hydrogens is 454 g/mol. The highest BCUT2D eigenvalue weighted by atomic mass is 79.9. The van der Waals surface area contributed by atoms with Gasteiger partial charge in [0.2, 0.25) is 6.79 Å². The average molecular weight is 478 g/mol. The number of nitrogens with zero attached hydrogens (tertiary/aromatic N) is 1. The number of allylic oxidation sites excluding steroid dienone is 3. The van der Waals surface area contributed by atoms with Gasteiger partial charge in [0, 0.05) is 45.9 Å². The molecule has 6 rings (SSSR count). The molecule has 0 fully saturated rings. The van der Waals surface area contributed by atoms with E-state index in [9.17, 15) is 4.79 Å². The standard InChI is InChI=1S/C26H24BrNO3/c1-26(2)12-21-25(22(29)13-26)19(15-4-3-5-17(27)8-15)10-20-18-11-24-23(30-14-31-24)9-16(18)6-7-28(20)21/h3-5,8-11,19H,6-7,12-14H2,1-2H3. The van der Waals surface area contributed by atoms with Gasteiger partial charge in [-0.15, -0.1) is 0 Å². The average Bonchev–Trinajstić information content (AvgIpc) is 3.18. The van der Waals surface area contributed by atoms with Gasteiger partial charge in [-0.1, -0.05) is 41.9 Å². The number of halogens is 1. The molecule has 5 heteroatoms. The van der Waals surface area contributed by atoms with Crippen molar-refractivity contribution in [2.24, 2.45) is 5.41 Å². The fraction of sp³-hybridized carbons (Fsp3) is 0.346.